The fourth-order valence-electron chi connectivity index (χ4n) is 3.69. The van der Waals surface area contributed by atoms with Gasteiger partial charge < -0.3 is 0 Å². The summed E-state index contributed by atoms with van der Waals surface area (Å²) < 4.78 is 38.0. The van der Waals surface area contributed by atoms with Crippen molar-refractivity contribution in [3.63, 3.8) is 0 Å². The Labute approximate surface area is 151 Å². The second-order valence-corrected chi connectivity index (χ2v) is 7.13. The zero-order chi connectivity index (χ0) is 18.8. The highest BCUT2D eigenvalue weighted by Gasteiger charge is 2.41. The lowest BCUT2D eigenvalue weighted by molar-refractivity contribution is -0.137. The molecule has 1 aliphatic rings. The minimum atomic E-state index is -4.33. The minimum absolute atomic E-state index is 0.101. The van der Waals surface area contributed by atoms with Crippen LogP contribution in [0.2, 0.25) is 0 Å². The van der Waals surface area contributed by atoms with Crippen molar-refractivity contribution >= 4 is 11.9 Å². The monoisotopic (exact) mass is 358 g/mol. The molecular weight excluding hydrogens is 337 g/mol. The first-order chi connectivity index (χ1) is 12.3. The Balaban J connectivity index is 1.79. The number of carbonyl (C=O) groups excluding carboxylic acids is 1. The van der Waals surface area contributed by atoms with Crippen LogP contribution in [0.4, 0.5) is 13.2 Å². The van der Waals surface area contributed by atoms with Crippen molar-refractivity contribution in [2.24, 2.45) is 11.3 Å². The van der Waals surface area contributed by atoms with Crippen molar-refractivity contribution in [3.05, 3.63) is 77.4 Å². The van der Waals surface area contributed by atoms with Gasteiger partial charge in [-0.1, -0.05) is 68.0 Å². The van der Waals surface area contributed by atoms with Crippen LogP contribution in [-0.2, 0) is 6.18 Å². The van der Waals surface area contributed by atoms with E-state index in [1.54, 1.807) is 0 Å². The van der Waals surface area contributed by atoms with Crippen molar-refractivity contribution in [2.75, 3.05) is 0 Å². The molecule has 0 amide bonds. The van der Waals surface area contributed by atoms with Gasteiger partial charge in [-0.15, -0.1) is 0 Å². The van der Waals surface area contributed by atoms with Gasteiger partial charge in [-0.3, -0.25) is 4.79 Å². The van der Waals surface area contributed by atoms with Gasteiger partial charge >= 0.3 is 6.18 Å². The lowest BCUT2D eigenvalue weighted by Gasteiger charge is -2.27. The average Bonchev–Trinajstić information content (AvgIpc) is 3.02. The molecule has 0 aliphatic heterocycles. The highest BCUT2D eigenvalue weighted by Crippen LogP contribution is 2.46. The molecule has 0 spiro atoms. The number of carbonyl (C=O) groups is 1. The molecule has 136 valence electrons. The van der Waals surface area contributed by atoms with Crippen LogP contribution < -0.4 is 0 Å². The maximum atomic E-state index is 12.9. The minimum Gasteiger partial charge on any atom is -0.294 e. The van der Waals surface area contributed by atoms with Crippen LogP contribution in [0.3, 0.4) is 0 Å². The van der Waals surface area contributed by atoms with Gasteiger partial charge in [0, 0.05) is 11.5 Å². The van der Waals surface area contributed by atoms with E-state index in [9.17, 15) is 18.0 Å². The third-order valence-electron chi connectivity index (χ3n) is 5.27. The zero-order valence-corrected chi connectivity index (χ0v) is 14.6. The van der Waals surface area contributed by atoms with Gasteiger partial charge in [0.05, 0.1) is 5.56 Å². The molecule has 2 aromatic carbocycles. The third kappa shape index (κ3) is 3.90. The number of ketones is 1. The largest absolute Gasteiger partial charge is 0.416 e. The molecule has 1 saturated carbocycles. The SMILES string of the molecule is C[C@]1(/C=C/c2ccc(C(F)(F)F)cc2)CCC[C@@H]1C(=O)c1ccccc1. The van der Waals surface area contributed by atoms with E-state index in [4.69, 9.17) is 0 Å². The molecule has 0 aromatic heterocycles. The van der Waals surface area contributed by atoms with E-state index in [1.807, 2.05) is 42.5 Å². The van der Waals surface area contributed by atoms with E-state index >= 15 is 0 Å². The summed E-state index contributed by atoms with van der Waals surface area (Å²) in [6, 6.07) is 14.4. The van der Waals surface area contributed by atoms with E-state index in [1.165, 1.54) is 12.1 Å². The van der Waals surface area contributed by atoms with Crippen molar-refractivity contribution in [2.45, 2.75) is 32.4 Å². The van der Waals surface area contributed by atoms with Crippen molar-refractivity contribution < 1.29 is 18.0 Å². The van der Waals surface area contributed by atoms with Gasteiger partial charge in [-0.25, -0.2) is 0 Å². The summed E-state index contributed by atoms with van der Waals surface area (Å²) in [4.78, 5) is 12.9. The van der Waals surface area contributed by atoms with Gasteiger partial charge in [-0.2, -0.15) is 13.2 Å². The molecule has 4 heteroatoms. The molecule has 2 atom stereocenters. The molecule has 1 aliphatic carbocycles. The summed E-state index contributed by atoms with van der Waals surface area (Å²) in [5.74, 6) is 0.0401. The predicted octanol–water partition coefficient (Wildman–Crippen LogP) is 6.41. The molecule has 1 fully saturated rings. The first-order valence-electron chi connectivity index (χ1n) is 8.75. The van der Waals surface area contributed by atoms with Crippen LogP contribution in [0, 0.1) is 11.3 Å². The molecule has 0 N–H and O–H groups in total. The van der Waals surface area contributed by atoms with Gasteiger partial charge in [-0.05, 0) is 36.0 Å². The Hall–Kier alpha value is -2.36. The Kier molecular flexibility index (Phi) is 5.03. The van der Waals surface area contributed by atoms with E-state index in [0.717, 1.165) is 31.4 Å². The topological polar surface area (TPSA) is 17.1 Å². The summed E-state index contributed by atoms with van der Waals surface area (Å²) in [5, 5.41) is 0. The Morgan fingerprint density at radius 2 is 1.73 bits per heavy atom. The van der Waals surface area contributed by atoms with E-state index < -0.39 is 11.7 Å². The normalized spacial score (nSPS) is 23.5. The summed E-state index contributed by atoms with van der Waals surface area (Å²) >= 11 is 0. The summed E-state index contributed by atoms with van der Waals surface area (Å²) in [6.07, 6.45) is 2.20. The highest BCUT2D eigenvalue weighted by atomic mass is 19.4. The Morgan fingerprint density at radius 3 is 2.35 bits per heavy atom. The van der Waals surface area contributed by atoms with Crippen LogP contribution >= 0.6 is 0 Å². The molecule has 0 unspecified atom stereocenters. The van der Waals surface area contributed by atoms with Crippen LogP contribution in [-0.4, -0.2) is 5.78 Å². The van der Waals surface area contributed by atoms with E-state index in [-0.39, 0.29) is 17.1 Å². The molecule has 0 saturated heterocycles. The number of rotatable bonds is 4. The number of hydrogen-bond donors (Lipinski definition) is 0. The van der Waals surface area contributed by atoms with Crippen molar-refractivity contribution in [3.8, 4) is 0 Å². The van der Waals surface area contributed by atoms with Gasteiger partial charge in [0.15, 0.2) is 5.78 Å². The van der Waals surface area contributed by atoms with Crippen LogP contribution in [0.5, 0.6) is 0 Å². The number of benzene rings is 2. The van der Waals surface area contributed by atoms with Crippen LogP contribution in [0.15, 0.2) is 60.7 Å². The smallest absolute Gasteiger partial charge is 0.294 e. The van der Waals surface area contributed by atoms with Crippen LogP contribution in [0.25, 0.3) is 6.08 Å². The highest BCUT2D eigenvalue weighted by molar-refractivity contribution is 5.98. The third-order valence-corrected chi connectivity index (χ3v) is 5.27. The lowest BCUT2D eigenvalue weighted by atomic mass is 9.75. The summed E-state index contributed by atoms with van der Waals surface area (Å²) in [5.41, 5.74) is 0.486. The van der Waals surface area contributed by atoms with Gasteiger partial charge in [0.2, 0.25) is 0 Å². The van der Waals surface area contributed by atoms with Crippen molar-refractivity contribution in [1.29, 1.82) is 0 Å². The molecular formula is C22H21F3O. The number of Topliss-reactive ketones (excluding diaryl/α,β-unsaturated/α-hetero) is 1. The van der Waals surface area contributed by atoms with Gasteiger partial charge in [0.1, 0.15) is 0 Å². The molecule has 0 heterocycles. The standard InChI is InChI=1S/C22H21F3O/c1-21(15-13-16-9-11-18(12-10-16)22(23,24)25)14-5-8-19(21)20(26)17-6-3-2-4-7-17/h2-4,6-7,9-13,15,19H,5,8,14H2,1H3/b15-13+/t19-,21-/m1/s1. The predicted molar refractivity (Wildman–Crippen MR) is 96.7 cm³/mol. The number of allylic oxidation sites excluding steroid dienone is 1. The van der Waals surface area contributed by atoms with Crippen LogP contribution in [0.1, 0.15) is 47.7 Å². The maximum absolute atomic E-state index is 12.9. The fraction of sp³-hybridized carbons (Fsp3) is 0.318. The van der Waals surface area contributed by atoms with Gasteiger partial charge in [0.25, 0.3) is 0 Å². The molecule has 0 bridgehead atoms. The second-order valence-electron chi connectivity index (χ2n) is 7.13. The molecule has 1 nitrogen and oxygen atoms in total. The fourth-order valence-corrected chi connectivity index (χ4v) is 3.69. The first-order valence-corrected chi connectivity index (χ1v) is 8.75. The second kappa shape index (κ2) is 7.10. The summed E-state index contributed by atoms with van der Waals surface area (Å²) in [7, 11) is 0. The first kappa shape index (κ1) is 18.4. The van der Waals surface area contributed by atoms with E-state index in [0.29, 0.717) is 11.1 Å². The van der Waals surface area contributed by atoms with Crippen molar-refractivity contribution in [1.82, 2.24) is 0 Å². The summed E-state index contributed by atoms with van der Waals surface area (Å²) in [6.45, 7) is 2.06. The molecule has 3 rings (SSSR count). The molecule has 2 aromatic rings. The molecule has 26 heavy (non-hydrogen) atoms. The number of halogens is 3. The average molecular weight is 358 g/mol. The number of hydrogen-bond acceptors (Lipinski definition) is 1. The number of alkyl halides is 3. The molecule has 0 radical (unpaired) electrons. The Bertz CT molecular complexity index is 790. The maximum Gasteiger partial charge on any atom is 0.416 e. The quantitative estimate of drug-likeness (QED) is 0.577. The Morgan fingerprint density at radius 1 is 1.08 bits per heavy atom. The lowest BCUT2D eigenvalue weighted by Crippen LogP contribution is -2.27. The van der Waals surface area contributed by atoms with E-state index in [2.05, 4.69) is 6.92 Å². The zero-order valence-electron chi connectivity index (χ0n) is 14.6.